The largest absolute Gasteiger partial charge is 0.396 e. The van der Waals surface area contributed by atoms with E-state index >= 15 is 0 Å². The lowest BCUT2D eigenvalue weighted by Crippen LogP contribution is -2.35. The van der Waals surface area contributed by atoms with Gasteiger partial charge in [0.2, 0.25) is 0 Å². The molecule has 2 N–H and O–H groups in total. The lowest BCUT2D eigenvalue weighted by atomic mass is 10.2. The molecule has 1 aliphatic rings. The first-order valence-corrected chi connectivity index (χ1v) is 4.77. The van der Waals surface area contributed by atoms with Gasteiger partial charge in [0, 0.05) is 0 Å². The van der Waals surface area contributed by atoms with Crippen molar-refractivity contribution in [1.82, 2.24) is 0 Å². The van der Waals surface area contributed by atoms with E-state index in [4.69, 9.17) is 20.0 Å². The number of hydrogen-bond acceptors (Lipinski definition) is 5. The fraction of sp³-hybridized carbons (Fsp3) is 0.889. The first-order valence-electron chi connectivity index (χ1n) is 4.77. The van der Waals surface area contributed by atoms with E-state index in [1.165, 1.54) is 0 Å². The Morgan fingerprint density at radius 2 is 2.29 bits per heavy atom. The summed E-state index contributed by atoms with van der Waals surface area (Å²) < 4.78 is 10.9. The van der Waals surface area contributed by atoms with Crippen molar-refractivity contribution in [3.63, 3.8) is 0 Å². The molecule has 5 heteroatoms. The summed E-state index contributed by atoms with van der Waals surface area (Å²) in [4.78, 5) is 4.94. The Balaban J connectivity index is 2.60. The van der Waals surface area contributed by atoms with Gasteiger partial charge in [-0.25, -0.2) is 0 Å². The van der Waals surface area contributed by atoms with Crippen molar-refractivity contribution in [2.75, 3.05) is 19.8 Å². The van der Waals surface area contributed by atoms with E-state index in [0.29, 0.717) is 25.5 Å². The molecule has 1 heterocycles. The summed E-state index contributed by atoms with van der Waals surface area (Å²) in [6.07, 6.45) is 0. The second-order valence-electron chi connectivity index (χ2n) is 3.61. The van der Waals surface area contributed by atoms with E-state index < -0.39 is 5.79 Å². The van der Waals surface area contributed by atoms with Crippen molar-refractivity contribution in [2.45, 2.75) is 32.6 Å². The van der Waals surface area contributed by atoms with Crippen LogP contribution in [0.25, 0.3) is 0 Å². The number of oxime groups is 1. The predicted molar refractivity (Wildman–Crippen MR) is 53.0 cm³/mol. The second-order valence-corrected chi connectivity index (χ2v) is 3.61. The average molecular weight is 202 g/mol. The number of hydrogen-bond donors (Lipinski definition) is 1. The molecule has 1 unspecified atom stereocenters. The standard InChI is InChI=1S/C9H18N2O3/c1-4-14-11-8-6-13-9(2,3)12-5-7(8)10/h7H,4-6,10H2,1-3H3/b11-8+. The summed E-state index contributed by atoms with van der Waals surface area (Å²) in [7, 11) is 0. The fourth-order valence-electron chi connectivity index (χ4n) is 1.02. The molecule has 82 valence electrons. The molecular weight excluding hydrogens is 184 g/mol. The zero-order valence-electron chi connectivity index (χ0n) is 8.95. The molecule has 14 heavy (non-hydrogen) atoms. The Bertz CT molecular complexity index is 216. The zero-order chi connectivity index (χ0) is 10.6. The van der Waals surface area contributed by atoms with Crippen molar-refractivity contribution in [2.24, 2.45) is 10.9 Å². The van der Waals surface area contributed by atoms with Crippen LogP contribution in [0, 0.1) is 0 Å². The summed E-state index contributed by atoms with van der Waals surface area (Å²) >= 11 is 0. The van der Waals surface area contributed by atoms with Gasteiger partial charge >= 0.3 is 0 Å². The fourth-order valence-corrected chi connectivity index (χ4v) is 1.02. The van der Waals surface area contributed by atoms with Crippen molar-refractivity contribution in [3.05, 3.63) is 0 Å². The molecule has 0 saturated carbocycles. The maximum Gasteiger partial charge on any atom is 0.163 e. The van der Waals surface area contributed by atoms with Crippen LogP contribution in [0.1, 0.15) is 20.8 Å². The lowest BCUT2D eigenvalue weighted by Gasteiger charge is -2.22. The van der Waals surface area contributed by atoms with Crippen LogP contribution in [0.4, 0.5) is 0 Å². The summed E-state index contributed by atoms with van der Waals surface area (Å²) in [5.74, 6) is -0.596. The Morgan fingerprint density at radius 3 is 2.93 bits per heavy atom. The van der Waals surface area contributed by atoms with Crippen LogP contribution in [0.15, 0.2) is 5.16 Å². The highest BCUT2D eigenvalue weighted by Crippen LogP contribution is 2.15. The monoisotopic (exact) mass is 202 g/mol. The van der Waals surface area contributed by atoms with Crippen LogP contribution < -0.4 is 5.73 Å². The van der Waals surface area contributed by atoms with Crippen LogP contribution >= 0.6 is 0 Å². The molecule has 0 aliphatic carbocycles. The number of nitrogens with zero attached hydrogens (tertiary/aromatic N) is 1. The Hall–Kier alpha value is -0.650. The van der Waals surface area contributed by atoms with Gasteiger partial charge in [0.1, 0.15) is 12.3 Å². The van der Waals surface area contributed by atoms with Gasteiger partial charge in [-0.15, -0.1) is 0 Å². The van der Waals surface area contributed by atoms with Gasteiger partial charge in [0.05, 0.1) is 19.3 Å². The van der Waals surface area contributed by atoms with Gasteiger partial charge in [-0.1, -0.05) is 5.16 Å². The average Bonchev–Trinajstić information content (AvgIpc) is 2.25. The van der Waals surface area contributed by atoms with E-state index in [0.717, 1.165) is 0 Å². The first kappa shape index (κ1) is 11.4. The first-order chi connectivity index (χ1) is 6.55. The molecule has 0 bridgehead atoms. The minimum absolute atomic E-state index is 0.247. The normalized spacial score (nSPS) is 30.0. The van der Waals surface area contributed by atoms with Gasteiger partial charge in [-0.3, -0.25) is 0 Å². The predicted octanol–water partition coefficient (Wildman–Crippen LogP) is 0.489. The maximum absolute atomic E-state index is 5.83. The van der Waals surface area contributed by atoms with Gasteiger partial charge < -0.3 is 20.0 Å². The van der Waals surface area contributed by atoms with Gasteiger partial charge in [0.25, 0.3) is 0 Å². The third kappa shape index (κ3) is 3.25. The molecule has 5 nitrogen and oxygen atoms in total. The Morgan fingerprint density at radius 1 is 1.57 bits per heavy atom. The molecule has 0 aromatic carbocycles. The summed E-state index contributed by atoms with van der Waals surface area (Å²) in [6.45, 7) is 6.85. The Labute approximate surface area is 84.2 Å². The van der Waals surface area contributed by atoms with Crippen LogP contribution in [0.2, 0.25) is 0 Å². The third-order valence-corrected chi connectivity index (χ3v) is 1.92. The molecule has 0 aromatic heterocycles. The topological polar surface area (TPSA) is 66.1 Å². The molecule has 1 atom stereocenters. The van der Waals surface area contributed by atoms with E-state index in [2.05, 4.69) is 5.16 Å². The van der Waals surface area contributed by atoms with E-state index in [9.17, 15) is 0 Å². The number of ether oxygens (including phenoxy) is 2. The highest BCUT2D eigenvalue weighted by molar-refractivity contribution is 5.90. The van der Waals surface area contributed by atoms with Crippen LogP contribution in [0.5, 0.6) is 0 Å². The number of rotatable bonds is 2. The van der Waals surface area contributed by atoms with Crippen LogP contribution in [-0.4, -0.2) is 37.4 Å². The van der Waals surface area contributed by atoms with Gasteiger partial charge in [0.15, 0.2) is 5.79 Å². The highest BCUT2D eigenvalue weighted by atomic mass is 16.7. The van der Waals surface area contributed by atoms with E-state index in [1.54, 1.807) is 0 Å². The molecule has 1 saturated heterocycles. The maximum atomic E-state index is 5.83. The molecule has 0 amide bonds. The second kappa shape index (κ2) is 4.72. The smallest absolute Gasteiger partial charge is 0.163 e. The van der Waals surface area contributed by atoms with Crippen molar-refractivity contribution in [1.29, 1.82) is 0 Å². The number of nitrogens with two attached hydrogens (primary N) is 1. The molecule has 0 spiro atoms. The minimum atomic E-state index is -0.596. The van der Waals surface area contributed by atoms with Crippen molar-refractivity contribution in [3.8, 4) is 0 Å². The molecular formula is C9H18N2O3. The van der Waals surface area contributed by atoms with E-state index in [-0.39, 0.29) is 6.04 Å². The van der Waals surface area contributed by atoms with Gasteiger partial charge in [-0.2, -0.15) is 0 Å². The molecule has 1 aliphatic heterocycles. The Kier molecular flexibility index (Phi) is 3.86. The van der Waals surface area contributed by atoms with Gasteiger partial charge in [-0.05, 0) is 20.8 Å². The quantitative estimate of drug-likeness (QED) is 0.662. The van der Waals surface area contributed by atoms with Crippen LogP contribution in [0.3, 0.4) is 0 Å². The summed E-state index contributed by atoms with van der Waals surface area (Å²) in [5, 5.41) is 3.89. The SMILES string of the molecule is CCO/N=C1\COC(C)(C)OCC1N. The van der Waals surface area contributed by atoms with E-state index in [1.807, 2.05) is 20.8 Å². The molecule has 1 rings (SSSR count). The lowest BCUT2D eigenvalue weighted by molar-refractivity contribution is -0.197. The van der Waals surface area contributed by atoms with Crippen LogP contribution in [-0.2, 0) is 14.3 Å². The molecule has 1 fully saturated rings. The summed E-state index contributed by atoms with van der Waals surface area (Å²) in [6, 6.07) is -0.247. The third-order valence-electron chi connectivity index (χ3n) is 1.92. The highest BCUT2D eigenvalue weighted by Gasteiger charge is 2.28. The van der Waals surface area contributed by atoms with Crippen molar-refractivity contribution >= 4 is 5.71 Å². The molecule has 0 aromatic rings. The summed E-state index contributed by atoms with van der Waals surface area (Å²) in [5.41, 5.74) is 6.52. The van der Waals surface area contributed by atoms with Crippen molar-refractivity contribution < 1.29 is 14.3 Å². The zero-order valence-corrected chi connectivity index (χ0v) is 8.95. The minimum Gasteiger partial charge on any atom is -0.396 e. The molecule has 0 radical (unpaired) electrons.